The van der Waals surface area contributed by atoms with Gasteiger partial charge in [-0.25, -0.2) is 0 Å². The molecule has 4 nitrogen and oxygen atoms in total. The monoisotopic (exact) mass is 337 g/mol. The first-order valence-corrected chi connectivity index (χ1v) is 8.50. The van der Waals surface area contributed by atoms with Gasteiger partial charge in [-0.15, -0.1) is 0 Å². The fourth-order valence-electron chi connectivity index (χ4n) is 2.97. The number of halogens is 1. The molecule has 1 aromatic rings. The highest BCUT2D eigenvalue weighted by Crippen LogP contribution is 2.26. The number of ether oxygens (including phenoxy) is 1. The third-order valence-electron chi connectivity index (χ3n) is 4.42. The minimum atomic E-state index is -0.0300. The Kier molecular flexibility index (Phi) is 6.05. The quantitative estimate of drug-likeness (QED) is 0.825. The second-order valence-corrected chi connectivity index (χ2v) is 6.51. The van der Waals surface area contributed by atoms with Gasteiger partial charge in [0, 0.05) is 30.5 Å². The predicted molar refractivity (Wildman–Crippen MR) is 91.0 cm³/mol. The number of ketones is 1. The number of rotatable bonds is 5. The zero-order valence-electron chi connectivity index (χ0n) is 14.0. The van der Waals surface area contributed by atoms with E-state index in [9.17, 15) is 9.59 Å². The lowest BCUT2D eigenvalue weighted by Crippen LogP contribution is -2.42. The largest absolute Gasteiger partial charge is 0.484 e. The number of benzene rings is 1. The van der Waals surface area contributed by atoms with Gasteiger partial charge in [0.15, 0.2) is 6.61 Å². The maximum atomic E-state index is 12.2. The number of amides is 1. The van der Waals surface area contributed by atoms with Gasteiger partial charge in [0.1, 0.15) is 11.5 Å². The summed E-state index contributed by atoms with van der Waals surface area (Å²) in [5, 5.41) is 0.728. The van der Waals surface area contributed by atoms with E-state index in [1.54, 1.807) is 4.90 Å². The fraction of sp³-hybridized carbons (Fsp3) is 0.556. The maximum absolute atomic E-state index is 12.2. The Bertz CT molecular complexity index is 569. The third-order valence-corrected chi connectivity index (χ3v) is 5.02. The van der Waals surface area contributed by atoms with Crippen molar-refractivity contribution in [3.63, 3.8) is 0 Å². The van der Waals surface area contributed by atoms with Crippen LogP contribution in [0.15, 0.2) is 12.1 Å². The van der Waals surface area contributed by atoms with Crippen molar-refractivity contribution in [3.05, 3.63) is 28.3 Å². The molecule has 1 amide bonds. The summed E-state index contributed by atoms with van der Waals surface area (Å²) in [6.07, 6.45) is 2.10. The van der Waals surface area contributed by atoms with Crippen LogP contribution in [-0.2, 0) is 9.59 Å². The molecule has 0 radical (unpaired) electrons. The summed E-state index contributed by atoms with van der Waals surface area (Å²) in [7, 11) is 0. The maximum Gasteiger partial charge on any atom is 0.260 e. The van der Waals surface area contributed by atoms with E-state index >= 15 is 0 Å². The Balaban J connectivity index is 1.85. The molecule has 2 rings (SSSR count). The lowest BCUT2D eigenvalue weighted by Gasteiger charge is -2.31. The van der Waals surface area contributed by atoms with Crippen molar-refractivity contribution in [3.8, 4) is 5.75 Å². The van der Waals surface area contributed by atoms with Crippen LogP contribution in [-0.4, -0.2) is 36.3 Å². The average Bonchev–Trinajstić information content (AvgIpc) is 2.56. The van der Waals surface area contributed by atoms with Gasteiger partial charge in [-0.05, 0) is 49.9 Å². The van der Waals surface area contributed by atoms with Crippen LogP contribution in [0.1, 0.15) is 37.3 Å². The van der Waals surface area contributed by atoms with Crippen LogP contribution < -0.4 is 4.74 Å². The van der Waals surface area contributed by atoms with E-state index in [-0.39, 0.29) is 18.4 Å². The molecule has 0 aliphatic carbocycles. The number of hydrogen-bond acceptors (Lipinski definition) is 3. The van der Waals surface area contributed by atoms with Gasteiger partial charge < -0.3 is 9.64 Å². The first kappa shape index (κ1) is 17.8. The molecule has 0 spiro atoms. The number of Topliss-reactive ketones (excluding diaryl/α,β-unsaturated/α-hetero) is 1. The van der Waals surface area contributed by atoms with E-state index in [0.717, 1.165) is 29.0 Å². The highest BCUT2D eigenvalue weighted by molar-refractivity contribution is 6.32. The summed E-state index contributed by atoms with van der Waals surface area (Å²) in [4.78, 5) is 25.7. The standard InChI is InChI=1S/C18H24ClNO3/c1-4-16(21)14-5-7-20(8-6-14)17(22)11-23-15-9-12(2)18(19)13(3)10-15/h9-10,14H,4-8,11H2,1-3H3. The molecule has 0 unspecified atom stereocenters. The van der Waals surface area contributed by atoms with Gasteiger partial charge in [-0.2, -0.15) is 0 Å². The smallest absolute Gasteiger partial charge is 0.260 e. The summed E-state index contributed by atoms with van der Waals surface area (Å²) in [6, 6.07) is 3.68. The number of carbonyl (C=O) groups excluding carboxylic acids is 2. The van der Waals surface area contributed by atoms with Crippen molar-refractivity contribution < 1.29 is 14.3 Å². The van der Waals surface area contributed by atoms with Gasteiger partial charge in [0.05, 0.1) is 0 Å². The number of hydrogen-bond donors (Lipinski definition) is 0. The Morgan fingerprint density at radius 1 is 1.22 bits per heavy atom. The van der Waals surface area contributed by atoms with Crippen LogP contribution in [0.5, 0.6) is 5.75 Å². The Labute approximate surface area is 142 Å². The SMILES string of the molecule is CCC(=O)C1CCN(C(=O)COc2cc(C)c(Cl)c(C)c2)CC1. The summed E-state index contributed by atoms with van der Waals surface area (Å²) < 4.78 is 5.62. The fourth-order valence-corrected chi connectivity index (χ4v) is 3.07. The predicted octanol–water partition coefficient (Wildman–Crippen LogP) is 3.55. The van der Waals surface area contributed by atoms with Crippen LogP contribution in [0.25, 0.3) is 0 Å². The van der Waals surface area contributed by atoms with Crippen molar-refractivity contribution in [2.75, 3.05) is 19.7 Å². The second-order valence-electron chi connectivity index (χ2n) is 6.13. The van der Waals surface area contributed by atoms with Gasteiger partial charge in [-0.1, -0.05) is 18.5 Å². The molecule has 0 aromatic heterocycles. The van der Waals surface area contributed by atoms with Crippen molar-refractivity contribution in [1.29, 1.82) is 0 Å². The first-order chi connectivity index (χ1) is 10.9. The summed E-state index contributed by atoms with van der Waals surface area (Å²) in [5.41, 5.74) is 1.88. The molecule has 0 saturated carbocycles. The molecule has 0 bridgehead atoms. The van der Waals surface area contributed by atoms with Crippen LogP contribution >= 0.6 is 11.6 Å². The van der Waals surface area contributed by atoms with E-state index in [4.69, 9.17) is 16.3 Å². The topological polar surface area (TPSA) is 46.6 Å². The number of carbonyl (C=O) groups is 2. The average molecular weight is 338 g/mol. The molecule has 1 aromatic carbocycles. The van der Waals surface area contributed by atoms with Crippen molar-refractivity contribution >= 4 is 23.3 Å². The Hall–Kier alpha value is -1.55. The minimum absolute atomic E-state index is 0.0207. The minimum Gasteiger partial charge on any atom is -0.484 e. The number of aryl methyl sites for hydroxylation is 2. The third kappa shape index (κ3) is 4.47. The van der Waals surface area contributed by atoms with Crippen LogP contribution in [0, 0.1) is 19.8 Å². The molecule has 1 aliphatic rings. The lowest BCUT2D eigenvalue weighted by molar-refractivity contribution is -0.136. The van der Waals surface area contributed by atoms with Crippen LogP contribution in [0.3, 0.4) is 0 Å². The van der Waals surface area contributed by atoms with Crippen molar-refractivity contribution in [1.82, 2.24) is 4.90 Å². The van der Waals surface area contributed by atoms with Gasteiger partial charge >= 0.3 is 0 Å². The summed E-state index contributed by atoms with van der Waals surface area (Å²) in [6.45, 7) is 7.02. The molecule has 0 atom stereocenters. The zero-order valence-corrected chi connectivity index (χ0v) is 14.8. The number of nitrogens with zero attached hydrogens (tertiary/aromatic N) is 1. The van der Waals surface area contributed by atoms with Gasteiger partial charge in [-0.3, -0.25) is 9.59 Å². The normalized spacial score (nSPS) is 15.6. The first-order valence-electron chi connectivity index (χ1n) is 8.12. The Morgan fingerprint density at radius 3 is 2.30 bits per heavy atom. The van der Waals surface area contributed by atoms with E-state index in [0.29, 0.717) is 31.0 Å². The molecule has 1 saturated heterocycles. The van der Waals surface area contributed by atoms with E-state index in [1.807, 2.05) is 32.9 Å². The molecular formula is C18H24ClNO3. The molecule has 1 fully saturated rings. The van der Waals surface area contributed by atoms with Gasteiger partial charge in [0.25, 0.3) is 5.91 Å². The van der Waals surface area contributed by atoms with Crippen LogP contribution in [0.2, 0.25) is 5.02 Å². The highest BCUT2D eigenvalue weighted by Gasteiger charge is 2.26. The lowest BCUT2D eigenvalue weighted by atomic mass is 9.91. The molecule has 1 heterocycles. The highest BCUT2D eigenvalue weighted by atomic mass is 35.5. The molecule has 5 heteroatoms. The van der Waals surface area contributed by atoms with E-state index in [1.165, 1.54) is 0 Å². The molecule has 23 heavy (non-hydrogen) atoms. The molecule has 1 aliphatic heterocycles. The van der Waals surface area contributed by atoms with Crippen LogP contribution in [0.4, 0.5) is 0 Å². The number of likely N-dealkylation sites (tertiary alicyclic amines) is 1. The molecular weight excluding hydrogens is 314 g/mol. The second kappa shape index (κ2) is 7.82. The van der Waals surface area contributed by atoms with Crippen molar-refractivity contribution in [2.45, 2.75) is 40.0 Å². The zero-order chi connectivity index (χ0) is 17.0. The molecule has 126 valence electrons. The summed E-state index contributed by atoms with van der Waals surface area (Å²) in [5.74, 6) is 1.05. The van der Waals surface area contributed by atoms with E-state index in [2.05, 4.69) is 0 Å². The Morgan fingerprint density at radius 2 is 1.78 bits per heavy atom. The van der Waals surface area contributed by atoms with Gasteiger partial charge in [0.2, 0.25) is 0 Å². The summed E-state index contributed by atoms with van der Waals surface area (Å²) >= 11 is 6.13. The molecule has 0 N–H and O–H groups in total. The number of piperidine rings is 1. The van der Waals surface area contributed by atoms with Crippen molar-refractivity contribution in [2.24, 2.45) is 5.92 Å². The van der Waals surface area contributed by atoms with E-state index < -0.39 is 0 Å².